The highest BCUT2D eigenvalue weighted by Gasteiger charge is 2.21. The molecule has 0 saturated heterocycles. The Bertz CT molecular complexity index is 581. The lowest BCUT2D eigenvalue weighted by Gasteiger charge is -2.11. The fraction of sp³-hybridized carbons (Fsp3) is 0.333. The van der Waals surface area contributed by atoms with Gasteiger partial charge in [-0.25, -0.2) is 8.78 Å². The molecule has 0 aliphatic heterocycles. The van der Waals surface area contributed by atoms with Gasteiger partial charge in [-0.05, 0) is 26.0 Å². The van der Waals surface area contributed by atoms with Crippen LogP contribution < -0.4 is 5.73 Å². The number of rotatable bonds is 4. The average molecular weight is 285 g/mol. The molecule has 0 spiro atoms. The Morgan fingerprint density at radius 3 is 2.68 bits per heavy atom. The summed E-state index contributed by atoms with van der Waals surface area (Å²) >= 11 is 1.15. The average Bonchev–Trinajstić information content (AvgIpc) is 2.76. The molecule has 2 rings (SSSR count). The number of aromatic nitrogens is 2. The monoisotopic (exact) mass is 285 g/mol. The number of hydrogen-bond donors (Lipinski definition) is 1. The van der Waals surface area contributed by atoms with Crippen LogP contribution in [-0.2, 0) is 11.3 Å². The molecular formula is C12H13F2N3OS. The summed E-state index contributed by atoms with van der Waals surface area (Å²) in [6.07, 6.45) is 0. The van der Waals surface area contributed by atoms with Gasteiger partial charge in [0.15, 0.2) is 5.82 Å². The maximum Gasteiger partial charge on any atom is 0.237 e. The maximum absolute atomic E-state index is 13.4. The molecule has 19 heavy (non-hydrogen) atoms. The third-order valence-corrected chi connectivity index (χ3v) is 3.32. The third-order valence-electron chi connectivity index (χ3n) is 2.29. The van der Waals surface area contributed by atoms with E-state index in [0.29, 0.717) is 22.4 Å². The zero-order chi connectivity index (χ0) is 14.0. The summed E-state index contributed by atoms with van der Waals surface area (Å²) in [5.41, 5.74) is 5.14. The Kier molecular flexibility index (Phi) is 3.86. The van der Waals surface area contributed by atoms with Crippen molar-refractivity contribution in [3.05, 3.63) is 41.5 Å². The number of nitrogens with zero attached hydrogens (tertiary/aromatic N) is 2. The van der Waals surface area contributed by atoms with Crippen LogP contribution in [0.5, 0.6) is 0 Å². The van der Waals surface area contributed by atoms with Crippen LogP contribution >= 0.6 is 11.8 Å². The first-order valence-electron chi connectivity index (χ1n) is 5.56. The molecule has 0 aliphatic rings. The molecule has 7 heteroatoms. The van der Waals surface area contributed by atoms with Crippen LogP contribution in [0.1, 0.15) is 25.6 Å². The summed E-state index contributed by atoms with van der Waals surface area (Å²) < 4.78 is 31.2. The van der Waals surface area contributed by atoms with Crippen molar-refractivity contribution in [3.8, 4) is 0 Å². The van der Waals surface area contributed by atoms with Crippen molar-refractivity contribution >= 4 is 11.8 Å². The molecule has 1 aromatic carbocycles. The largest absolute Gasteiger partial charge is 0.338 e. The molecule has 1 aromatic heterocycles. The number of nitrogens with two attached hydrogens (primary N) is 1. The van der Waals surface area contributed by atoms with Crippen molar-refractivity contribution in [3.63, 3.8) is 0 Å². The second kappa shape index (κ2) is 5.26. The summed E-state index contributed by atoms with van der Waals surface area (Å²) in [7, 11) is 0. The molecule has 102 valence electrons. The van der Waals surface area contributed by atoms with Gasteiger partial charge in [-0.15, -0.1) is 11.8 Å². The minimum atomic E-state index is -0.687. The standard InChI is InChI=1S/C12H13F2N3OS/c1-12(2,15)11-16-10(18-17-11)6-19-9-4-3-7(13)5-8(9)14/h3-5H,6,15H2,1-2H3. The molecule has 1 heterocycles. The molecule has 0 fully saturated rings. The van der Waals surface area contributed by atoms with Gasteiger partial charge in [0.2, 0.25) is 5.89 Å². The highest BCUT2D eigenvalue weighted by molar-refractivity contribution is 7.98. The quantitative estimate of drug-likeness (QED) is 0.875. The highest BCUT2D eigenvalue weighted by Crippen LogP contribution is 2.26. The Morgan fingerprint density at radius 2 is 2.11 bits per heavy atom. The number of benzene rings is 1. The van der Waals surface area contributed by atoms with Crippen molar-refractivity contribution < 1.29 is 13.3 Å². The molecule has 2 N–H and O–H groups in total. The summed E-state index contributed by atoms with van der Waals surface area (Å²) in [6, 6.07) is 3.41. The third kappa shape index (κ3) is 3.51. The first-order valence-corrected chi connectivity index (χ1v) is 6.54. The van der Waals surface area contributed by atoms with Crippen LogP contribution in [0.4, 0.5) is 8.78 Å². The Hall–Kier alpha value is -1.47. The molecule has 0 bridgehead atoms. The van der Waals surface area contributed by atoms with E-state index in [9.17, 15) is 8.78 Å². The molecule has 0 amide bonds. The van der Waals surface area contributed by atoms with Gasteiger partial charge in [-0.3, -0.25) is 0 Å². The van der Waals surface area contributed by atoms with E-state index in [1.54, 1.807) is 13.8 Å². The number of halogens is 2. The SMILES string of the molecule is CC(C)(N)c1noc(CSc2ccc(F)cc2F)n1. The zero-order valence-electron chi connectivity index (χ0n) is 10.5. The van der Waals surface area contributed by atoms with Gasteiger partial charge >= 0.3 is 0 Å². The van der Waals surface area contributed by atoms with E-state index in [0.717, 1.165) is 17.8 Å². The lowest BCUT2D eigenvalue weighted by atomic mass is 10.1. The van der Waals surface area contributed by atoms with E-state index in [1.165, 1.54) is 12.1 Å². The highest BCUT2D eigenvalue weighted by atomic mass is 32.2. The molecule has 0 aliphatic carbocycles. The molecule has 2 aromatic rings. The fourth-order valence-electron chi connectivity index (χ4n) is 1.31. The predicted octanol–water partition coefficient (Wildman–Crippen LogP) is 2.83. The second-order valence-electron chi connectivity index (χ2n) is 4.60. The van der Waals surface area contributed by atoms with Crippen molar-refractivity contribution in [2.24, 2.45) is 5.73 Å². The van der Waals surface area contributed by atoms with Gasteiger partial charge in [-0.1, -0.05) is 5.16 Å². The van der Waals surface area contributed by atoms with Crippen molar-refractivity contribution in [2.45, 2.75) is 30.0 Å². The molecular weight excluding hydrogens is 272 g/mol. The number of hydrogen-bond acceptors (Lipinski definition) is 5. The van der Waals surface area contributed by atoms with E-state index in [1.807, 2.05) is 0 Å². The lowest BCUT2D eigenvalue weighted by Crippen LogP contribution is -2.30. The van der Waals surface area contributed by atoms with Gasteiger partial charge in [0.25, 0.3) is 0 Å². The summed E-state index contributed by atoms with van der Waals surface area (Å²) in [5, 5.41) is 3.76. The van der Waals surface area contributed by atoms with Gasteiger partial charge in [0.1, 0.15) is 11.6 Å². The second-order valence-corrected chi connectivity index (χ2v) is 5.61. The lowest BCUT2D eigenvalue weighted by molar-refractivity contribution is 0.370. The smallest absolute Gasteiger partial charge is 0.237 e. The van der Waals surface area contributed by atoms with Crippen molar-refractivity contribution in [1.29, 1.82) is 0 Å². The first kappa shape index (κ1) is 14.0. The van der Waals surface area contributed by atoms with E-state index < -0.39 is 17.2 Å². The Labute approximate surface area is 113 Å². The van der Waals surface area contributed by atoms with Gasteiger partial charge in [0.05, 0.1) is 11.3 Å². The predicted molar refractivity (Wildman–Crippen MR) is 67.4 cm³/mol. The Balaban J connectivity index is 2.04. The van der Waals surface area contributed by atoms with Crippen molar-refractivity contribution in [1.82, 2.24) is 10.1 Å². The number of thioether (sulfide) groups is 1. The zero-order valence-corrected chi connectivity index (χ0v) is 11.3. The van der Waals surface area contributed by atoms with E-state index in [4.69, 9.17) is 10.3 Å². The fourth-order valence-corrected chi connectivity index (χ4v) is 2.06. The van der Waals surface area contributed by atoms with Gasteiger partial charge in [0, 0.05) is 11.0 Å². The minimum Gasteiger partial charge on any atom is -0.338 e. The van der Waals surface area contributed by atoms with Crippen LogP contribution in [-0.4, -0.2) is 10.1 Å². The summed E-state index contributed by atoms with van der Waals surface area (Å²) in [6.45, 7) is 3.52. The molecule has 0 atom stereocenters. The molecule has 0 unspecified atom stereocenters. The van der Waals surface area contributed by atoms with Crippen LogP contribution in [0, 0.1) is 11.6 Å². The van der Waals surface area contributed by atoms with Crippen LogP contribution in [0.2, 0.25) is 0 Å². The minimum absolute atomic E-state index is 0.297. The van der Waals surface area contributed by atoms with Gasteiger partial charge in [-0.2, -0.15) is 4.98 Å². The maximum atomic E-state index is 13.4. The van der Waals surface area contributed by atoms with E-state index in [2.05, 4.69) is 10.1 Å². The molecule has 0 radical (unpaired) electrons. The summed E-state index contributed by atoms with van der Waals surface area (Å²) in [4.78, 5) is 4.45. The first-order chi connectivity index (χ1) is 8.86. The van der Waals surface area contributed by atoms with Crippen LogP contribution in [0.3, 0.4) is 0 Å². The van der Waals surface area contributed by atoms with Crippen molar-refractivity contribution in [2.75, 3.05) is 0 Å². The van der Waals surface area contributed by atoms with E-state index in [-0.39, 0.29) is 0 Å². The van der Waals surface area contributed by atoms with Gasteiger partial charge < -0.3 is 10.3 Å². The van der Waals surface area contributed by atoms with E-state index >= 15 is 0 Å². The topological polar surface area (TPSA) is 64.9 Å². The summed E-state index contributed by atoms with van der Waals surface area (Å²) in [5.74, 6) is -0.174. The molecule has 4 nitrogen and oxygen atoms in total. The Morgan fingerprint density at radius 1 is 1.37 bits per heavy atom. The van der Waals surface area contributed by atoms with Crippen LogP contribution in [0.25, 0.3) is 0 Å². The van der Waals surface area contributed by atoms with Crippen LogP contribution in [0.15, 0.2) is 27.6 Å². The normalized spacial score (nSPS) is 11.8. The molecule has 0 saturated carbocycles.